The van der Waals surface area contributed by atoms with Crippen molar-refractivity contribution in [1.29, 1.82) is 0 Å². The molecule has 1 fully saturated rings. The molecule has 3 rings (SSSR count). The Bertz CT molecular complexity index is 907. The highest BCUT2D eigenvalue weighted by Crippen LogP contribution is 2.25. The van der Waals surface area contributed by atoms with E-state index in [1.807, 2.05) is 5.32 Å². The van der Waals surface area contributed by atoms with Crippen LogP contribution in [0.1, 0.15) is 5.56 Å². The van der Waals surface area contributed by atoms with Crippen LogP contribution in [0.5, 0.6) is 5.75 Å². The average Bonchev–Trinajstić information content (AvgIpc) is 2.60. The summed E-state index contributed by atoms with van der Waals surface area (Å²) in [5, 5.41) is 2.05. The largest absolute Gasteiger partial charge is 0.497 e. The Labute approximate surface area is 142 Å². The molecule has 0 spiro atoms. The van der Waals surface area contributed by atoms with Crippen molar-refractivity contribution in [3.05, 3.63) is 65.5 Å². The van der Waals surface area contributed by atoms with Gasteiger partial charge in [0.05, 0.1) is 12.8 Å². The Kier molecular flexibility index (Phi) is 4.30. The molecule has 1 saturated heterocycles. The lowest BCUT2D eigenvalue weighted by atomic mass is 10.1. The molecule has 1 aliphatic rings. The Morgan fingerprint density at radius 1 is 1.08 bits per heavy atom. The van der Waals surface area contributed by atoms with Gasteiger partial charge >= 0.3 is 6.03 Å². The highest BCUT2D eigenvalue weighted by atomic mass is 19.1. The van der Waals surface area contributed by atoms with Crippen LogP contribution >= 0.6 is 0 Å². The number of urea groups is 1. The summed E-state index contributed by atoms with van der Waals surface area (Å²) in [7, 11) is 1.49. The third-order valence-electron chi connectivity index (χ3n) is 3.60. The number of amides is 4. The van der Waals surface area contributed by atoms with Gasteiger partial charge in [-0.15, -0.1) is 0 Å². The zero-order valence-electron chi connectivity index (χ0n) is 13.2. The lowest BCUT2D eigenvalue weighted by Gasteiger charge is -2.26. The minimum atomic E-state index is -0.997. The first-order chi connectivity index (χ1) is 12.0. The molecule has 7 heteroatoms. The SMILES string of the molecule is COc1cccc(C=C2C(=O)NC(=O)N(c3ccccc3F)C2=O)c1. The van der Waals surface area contributed by atoms with E-state index in [1.54, 1.807) is 24.3 Å². The fourth-order valence-electron chi connectivity index (χ4n) is 2.41. The third kappa shape index (κ3) is 3.12. The maximum absolute atomic E-state index is 14.0. The third-order valence-corrected chi connectivity index (χ3v) is 3.60. The number of nitrogens with one attached hydrogen (secondary N) is 1. The molecule has 0 bridgehead atoms. The van der Waals surface area contributed by atoms with Gasteiger partial charge in [0.15, 0.2) is 0 Å². The Balaban J connectivity index is 2.04. The first-order valence-electron chi connectivity index (χ1n) is 7.31. The van der Waals surface area contributed by atoms with Gasteiger partial charge in [-0.25, -0.2) is 14.1 Å². The van der Waals surface area contributed by atoms with Gasteiger partial charge in [-0.05, 0) is 35.9 Å². The van der Waals surface area contributed by atoms with Crippen molar-refractivity contribution in [3.8, 4) is 5.75 Å². The van der Waals surface area contributed by atoms with Crippen LogP contribution in [0.25, 0.3) is 6.08 Å². The van der Waals surface area contributed by atoms with E-state index in [4.69, 9.17) is 4.74 Å². The molecule has 6 nitrogen and oxygen atoms in total. The summed E-state index contributed by atoms with van der Waals surface area (Å²) in [5.41, 5.74) is 0.0193. The molecule has 0 saturated carbocycles. The number of hydrogen-bond donors (Lipinski definition) is 1. The monoisotopic (exact) mass is 340 g/mol. The van der Waals surface area contributed by atoms with E-state index in [9.17, 15) is 18.8 Å². The smallest absolute Gasteiger partial charge is 0.336 e. The predicted molar refractivity (Wildman–Crippen MR) is 88.4 cm³/mol. The standard InChI is InChI=1S/C18H13FN2O4/c1-25-12-6-4-5-11(9-12)10-13-16(22)20-18(24)21(17(13)23)15-8-3-2-7-14(15)19/h2-10H,1H3,(H,20,22,24). The molecule has 2 aromatic rings. The van der Waals surface area contributed by atoms with Gasteiger partial charge in [-0.1, -0.05) is 24.3 Å². The van der Waals surface area contributed by atoms with Gasteiger partial charge in [0.1, 0.15) is 17.1 Å². The Morgan fingerprint density at radius 2 is 1.84 bits per heavy atom. The summed E-state index contributed by atoms with van der Waals surface area (Å²) < 4.78 is 19.1. The van der Waals surface area contributed by atoms with Crippen LogP contribution in [0, 0.1) is 5.82 Å². The number of para-hydroxylation sites is 1. The number of barbiturate groups is 1. The molecule has 0 aromatic heterocycles. The second-order valence-corrected chi connectivity index (χ2v) is 5.19. The fourth-order valence-corrected chi connectivity index (χ4v) is 2.41. The fraction of sp³-hybridized carbons (Fsp3) is 0.0556. The van der Waals surface area contributed by atoms with Crippen LogP contribution in [0.2, 0.25) is 0 Å². The number of rotatable bonds is 3. The van der Waals surface area contributed by atoms with Gasteiger partial charge in [-0.2, -0.15) is 0 Å². The zero-order chi connectivity index (χ0) is 18.0. The second kappa shape index (κ2) is 6.56. The van der Waals surface area contributed by atoms with E-state index < -0.39 is 23.7 Å². The maximum Gasteiger partial charge on any atom is 0.336 e. The van der Waals surface area contributed by atoms with Crippen LogP contribution in [0.15, 0.2) is 54.1 Å². The molecule has 1 aliphatic heterocycles. The van der Waals surface area contributed by atoms with E-state index in [0.29, 0.717) is 16.2 Å². The van der Waals surface area contributed by atoms with Crippen LogP contribution in [0.4, 0.5) is 14.9 Å². The molecule has 126 valence electrons. The van der Waals surface area contributed by atoms with E-state index >= 15 is 0 Å². The van der Waals surface area contributed by atoms with Crippen molar-refractivity contribution in [2.75, 3.05) is 12.0 Å². The van der Waals surface area contributed by atoms with Gasteiger partial charge in [0.2, 0.25) is 0 Å². The lowest BCUT2D eigenvalue weighted by Crippen LogP contribution is -2.54. The van der Waals surface area contributed by atoms with Crippen molar-refractivity contribution < 1.29 is 23.5 Å². The average molecular weight is 340 g/mol. The summed E-state index contributed by atoms with van der Waals surface area (Å²) >= 11 is 0. The number of methoxy groups -OCH3 is 1. The molecule has 0 unspecified atom stereocenters. The molecular weight excluding hydrogens is 327 g/mol. The van der Waals surface area contributed by atoms with Crippen LogP contribution in [-0.2, 0) is 9.59 Å². The molecule has 0 aliphatic carbocycles. The van der Waals surface area contributed by atoms with Crippen LogP contribution in [0.3, 0.4) is 0 Å². The lowest BCUT2D eigenvalue weighted by molar-refractivity contribution is -0.122. The van der Waals surface area contributed by atoms with Crippen LogP contribution in [-0.4, -0.2) is 25.0 Å². The summed E-state index contributed by atoms with van der Waals surface area (Å²) in [4.78, 5) is 37.3. The number of benzene rings is 2. The summed E-state index contributed by atoms with van der Waals surface area (Å²) in [6.45, 7) is 0. The van der Waals surface area contributed by atoms with Crippen molar-refractivity contribution in [3.63, 3.8) is 0 Å². The Hall–Kier alpha value is -3.48. The first kappa shape index (κ1) is 16.4. The normalized spacial score (nSPS) is 16.2. The topological polar surface area (TPSA) is 75.7 Å². The highest BCUT2D eigenvalue weighted by Gasteiger charge is 2.37. The number of halogens is 1. The number of hydrogen-bond acceptors (Lipinski definition) is 4. The second-order valence-electron chi connectivity index (χ2n) is 5.19. The van der Waals surface area contributed by atoms with Crippen molar-refractivity contribution in [2.24, 2.45) is 0 Å². The first-order valence-corrected chi connectivity index (χ1v) is 7.31. The molecule has 0 radical (unpaired) electrons. The van der Waals surface area contributed by atoms with Crippen molar-refractivity contribution in [2.45, 2.75) is 0 Å². The van der Waals surface area contributed by atoms with E-state index in [-0.39, 0.29) is 11.3 Å². The van der Waals surface area contributed by atoms with E-state index in [2.05, 4.69) is 0 Å². The summed E-state index contributed by atoms with van der Waals surface area (Å²) in [5.74, 6) is -1.95. The molecule has 0 atom stereocenters. The quantitative estimate of drug-likeness (QED) is 0.688. The van der Waals surface area contributed by atoms with E-state index in [0.717, 1.165) is 6.07 Å². The number of carbonyl (C=O) groups excluding carboxylic acids is 3. The number of imide groups is 2. The van der Waals surface area contributed by atoms with Crippen molar-refractivity contribution >= 4 is 29.6 Å². The minimum absolute atomic E-state index is 0.228. The highest BCUT2D eigenvalue weighted by molar-refractivity contribution is 6.39. The summed E-state index contributed by atoms with van der Waals surface area (Å²) in [6, 6.07) is 11.0. The zero-order valence-corrected chi connectivity index (χ0v) is 13.2. The Morgan fingerprint density at radius 3 is 2.56 bits per heavy atom. The predicted octanol–water partition coefficient (Wildman–Crippen LogP) is 2.50. The number of anilines is 1. The van der Waals surface area contributed by atoms with Gasteiger partial charge < -0.3 is 4.74 Å². The molecule has 4 amide bonds. The number of carbonyl (C=O) groups is 3. The molecular formula is C18H13FN2O4. The van der Waals surface area contributed by atoms with Crippen LogP contribution < -0.4 is 15.0 Å². The molecule has 1 N–H and O–H groups in total. The number of nitrogens with zero attached hydrogens (tertiary/aromatic N) is 1. The molecule has 2 aromatic carbocycles. The molecule has 25 heavy (non-hydrogen) atoms. The summed E-state index contributed by atoms with van der Waals surface area (Å²) in [6.07, 6.45) is 1.32. The molecule has 1 heterocycles. The van der Waals surface area contributed by atoms with Crippen molar-refractivity contribution in [1.82, 2.24) is 5.32 Å². The van der Waals surface area contributed by atoms with Gasteiger partial charge in [0.25, 0.3) is 11.8 Å². The maximum atomic E-state index is 14.0. The van der Waals surface area contributed by atoms with Gasteiger partial charge in [0, 0.05) is 0 Å². The van der Waals surface area contributed by atoms with E-state index in [1.165, 1.54) is 31.4 Å². The minimum Gasteiger partial charge on any atom is -0.497 e. The van der Waals surface area contributed by atoms with Gasteiger partial charge in [-0.3, -0.25) is 14.9 Å². The number of ether oxygens (including phenoxy) is 1.